The normalized spacial score (nSPS) is 11.0. The fraction of sp³-hybridized carbons (Fsp3) is 0.385. The summed E-state index contributed by atoms with van der Waals surface area (Å²) >= 11 is 16.3. The summed E-state index contributed by atoms with van der Waals surface area (Å²) in [6, 6.07) is 6.12. The Kier molecular flexibility index (Phi) is 6.59. The third-order valence-corrected chi connectivity index (χ3v) is 2.88. The van der Waals surface area contributed by atoms with Crippen molar-refractivity contribution in [2.75, 3.05) is 11.9 Å². The van der Waals surface area contributed by atoms with E-state index in [0.29, 0.717) is 17.9 Å². The van der Waals surface area contributed by atoms with Crippen molar-refractivity contribution in [1.29, 1.82) is 0 Å². The van der Waals surface area contributed by atoms with Crippen LogP contribution < -0.4 is 5.32 Å². The van der Waals surface area contributed by atoms with Crippen molar-refractivity contribution in [2.24, 2.45) is 0 Å². The Balaban J connectivity index is 2.60. The minimum Gasteiger partial charge on any atom is -0.462 e. The predicted octanol–water partition coefficient (Wildman–Crippen LogP) is 3.95. The van der Waals surface area contributed by atoms with Gasteiger partial charge in [0.15, 0.2) is 0 Å². The average molecular weight is 339 g/mol. The number of hydrogen-bond acceptors (Lipinski definition) is 3. The first-order valence-electron chi connectivity index (χ1n) is 6.00. The zero-order valence-corrected chi connectivity index (χ0v) is 13.1. The lowest BCUT2D eigenvalue weighted by atomic mass is 10.2. The van der Waals surface area contributed by atoms with E-state index in [1.807, 2.05) is 6.92 Å². The molecule has 0 spiro atoms. The molecule has 1 rings (SSSR count). The molecule has 20 heavy (non-hydrogen) atoms. The van der Waals surface area contributed by atoms with Crippen LogP contribution in [0.15, 0.2) is 24.3 Å². The SMILES string of the molecule is CCCCOC(=O)c1ccc(NC(=O)C(Cl)(Cl)Cl)cc1. The third-order valence-electron chi connectivity index (χ3n) is 2.37. The molecular weight excluding hydrogens is 325 g/mol. The number of ether oxygens (including phenoxy) is 1. The first-order chi connectivity index (χ1) is 9.34. The van der Waals surface area contributed by atoms with Gasteiger partial charge in [-0.3, -0.25) is 4.79 Å². The lowest BCUT2D eigenvalue weighted by Gasteiger charge is -2.11. The van der Waals surface area contributed by atoms with Gasteiger partial charge in [0.25, 0.3) is 9.70 Å². The zero-order valence-electron chi connectivity index (χ0n) is 10.8. The molecule has 0 saturated heterocycles. The van der Waals surface area contributed by atoms with Gasteiger partial charge in [-0.15, -0.1) is 0 Å². The summed E-state index contributed by atoms with van der Waals surface area (Å²) < 4.78 is 3.02. The Labute approximate surface area is 132 Å². The highest BCUT2D eigenvalue weighted by molar-refractivity contribution is 6.76. The molecule has 4 nitrogen and oxygen atoms in total. The van der Waals surface area contributed by atoms with Gasteiger partial charge in [0.2, 0.25) is 0 Å². The van der Waals surface area contributed by atoms with Crippen LogP contribution in [0.5, 0.6) is 0 Å². The summed E-state index contributed by atoms with van der Waals surface area (Å²) in [4.78, 5) is 23.1. The average Bonchev–Trinajstić information content (AvgIpc) is 2.38. The second-order valence-electron chi connectivity index (χ2n) is 4.02. The van der Waals surface area contributed by atoms with Gasteiger partial charge in [-0.25, -0.2) is 4.79 Å². The summed E-state index contributed by atoms with van der Waals surface area (Å²) in [5.74, 6) is -1.17. The van der Waals surface area contributed by atoms with E-state index in [2.05, 4.69) is 5.32 Å². The van der Waals surface area contributed by atoms with Crippen LogP contribution >= 0.6 is 34.8 Å². The first-order valence-corrected chi connectivity index (χ1v) is 7.13. The number of anilines is 1. The van der Waals surface area contributed by atoms with E-state index in [0.717, 1.165) is 12.8 Å². The molecule has 0 aromatic heterocycles. The molecule has 0 fully saturated rings. The lowest BCUT2D eigenvalue weighted by molar-refractivity contribution is -0.115. The van der Waals surface area contributed by atoms with E-state index >= 15 is 0 Å². The van der Waals surface area contributed by atoms with Crippen LogP contribution in [0, 0.1) is 0 Å². The molecule has 0 aliphatic heterocycles. The van der Waals surface area contributed by atoms with E-state index in [1.165, 1.54) is 24.3 Å². The molecule has 0 aliphatic carbocycles. The van der Waals surface area contributed by atoms with Crippen molar-refractivity contribution < 1.29 is 14.3 Å². The van der Waals surface area contributed by atoms with E-state index in [1.54, 1.807) is 0 Å². The Morgan fingerprint density at radius 1 is 1.20 bits per heavy atom. The number of benzene rings is 1. The molecule has 0 unspecified atom stereocenters. The Morgan fingerprint density at radius 2 is 1.80 bits per heavy atom. The maximum Gasteiger partial charge on any atom is 0.338 e. The molecule has 1 aromatic carbocycles. The number of nitrogens with one attached hydrogen (secondary N) is 1. The summed E-state index contributed by atoms with van der Waals surface area (Å²) in [5, 5.41) is 2.41. The molecule has 0 aliphatic rings. The molecule has 0 radical (unpaired) electrons. The molecule has 7 heteroatoms. The number of carbonyl (C=O) groups excluding carboxylic acids is 2. The Bertz CT molecular complexity index is 469. The van der Waals surface area contributed by atoms with Gasteiger partial charge in [0.05, 0.1) is 12.2 Å². The van der Waals surface area contributed by atoms with Crippen LogP contribution in [0.1, 0.15) is 30.1 Å². The molecule has 110 valence electrons. The lowest BCUT2D eigenvalue weighted by Crippen LogP contribution is -2.26. The predicted molar refractivity (Wildman–Crippen MR) is 80.6 cm³/mol. The number of hydrogen-bond donors (Lipinski definition) is 1. The van der Waals surface area contributed by atoms with E-state index < -0.39 is 15.7 Å². The molecule has 1 N–H and O–H groups in total. The summed E-state index contributed by atoms with van der Waals surface area (Å²) in [7, 11) is 0. The highest BCUT2D eigenvalue weighted by Crippen LogP contribution is 2.27. The first kappa shape index (κ1) is 17.1. The summed E-state index contributed by atoms with van der Waals surface area (Å²) in [6.07, 6.45) is 1.78. The van der Waals surface area contributed by atoms with Gasteiger partial charge in [-0.05, 0) is 30.7 Å². The van der Waals surface area contributed by atoms with Crippen molar-refractivity contribution >= 4 is 52.4 Å². The number of carbonyl (C=O) groups is 2. The molecule has 0 bridgehead atoms. The minimum atomic E-state index is -2.03. The van der Waals surface area contributed by atoms with Gasteiger partial charge in [-0.1, -0.05) is 48.1 Å². The number of alkyl halides is 3. The molecule has 1 aromatic rings. The van der Waals surface area contributed by atoms with Gasteiger partial charge in [0, 0.05) is 5.69 Å². The van der Waals surface area contributed by atoms with E-state index in [9.17, 15) is 9.59 Å². The Hall–Kier alpha value is -0.970. The third kappa shape index (κ3) is 5.57. The van der Waals surface area contributed by atoms with E-state index in [4.69, 9.17) is 39.5 Å². The number of esters is 1. The largest absolute Gasteiger partial charge is 0.462 e. The second kappa shape index (κ2) is 7.72. The molecular formula is C13H14Cl3NO3. The van der Waals surface area contributed by atoms with Crippen molar-refractivity contribution in [3.8, 4) is 0 Å². The van der Waals surface area contributed by atoms with Crippen LogP contribution in [0.3, 0.4) is 0 Å². The molecule has 0 atom stereocenters. The van der Waals surface area contributed by atoms with Crippen LogP contribution in [0.25, 0.3) is 0 Å². The monoisotopic (exact) mass is 337 g/mol. The Morgan fingerprint density at radius 3 is 2.30 bits per heavy atom. The van der Waals surface area contributed by atoms with Crippen molar-refractivity contribution in [1.82, 2.24) is 0 Å². The number of rotatable bonds is 5. The topological polar surface area (TPSA) is 55.4 Å². The number of unbranched alkanes of at least 4 members (excludes halogenated alkanes) is 1. The fourth-order valence-electron chi connectivity index (χ4n) is 1.28. The van der Waals surface area contributed by atoms with Crippen molar-refractivity contribution in [3.63, 3.8) is 0 Å². The summed E-state index contributed by atoms with van der Waals surface area (Å²) in [6.45, 7) is 2.40. The van der Waals surface area contributed by atoms with Crippen molar-refractivity contribution in [3.05, 3.63) is 29.8 Å². The second-order valence-corrected chi connectivity index (χ2v) is 6.30. The van der Waals surface area contributed by atoms with Gasteiger partial charge in [0.1, 0.15) is 0 Å². The standard InChI is InChI=1S/C13H14Cl3NO3/c1-2-3-8-20-11(18)9-4-6-10(7-5-9)17-12(19)13(14,15)16/h4-7H,2-3,8H2,1H3,(H,17,19). The van der Waals surface area contributed by atoms with Gasteiger partial charge >= 0.3 is 5.97 Å². The van der Waals surface area contributed by atoms with Crippen LogP contribution in [0.4, 0.5) is 5.69 Å². The maximum atomic E-state index is 11.6. The number of halogens is 3. The van der Waals surface area contributed by atoms with Crippen molar-refractivity contribution in [2.45, 2.75) is 23.6 Å². The van der Waals surface area contributed by atoms with Crippen LogP contribution in [-0.4, -0.2) is 22.3 Å². The molecule has 1 amide bonds. The molecule has 0 saturated carbocycles. The fourth-order valence-corrected chi connectivity index (χ4v) is 1.43. The smallest absolute Gasteiger partial charge is 0.338 e. The highest BCUT2D eigenvalue weighted by Gasteiger charge is 2.30. The van der Waals surface area contributed by atoms with Gasteiger partial charge in [-0.2, -0.15) is 0 Å². The zero-order chi connectivity index (χ0) is 15.2. The quantitative estimate of drug-likeness (QED) is 0.502. The number of amides is 1. The minimum absolute atomic E-state index is 0.390. The highest BCUT2D eigenvalue weighted by atomic mass is 35.6. The summed E-state index contributed by atoms with van der Waals surface area (Å²) in [5.41, 5.74) is 0.819. The van der Waals surface area contributed by atoms with Crippen LogP contribution in [0.2, 0.25) is 0 Å². The van der Waals surface area contributed by atoms with Crippen LogP contribution in [-0.2, 0) is 9.53 Å². The maximum absolute atomic E-state index is 11.6. The van der Waals surface area contributed by atoms with Gasteiger partial charge < -0.3 is 10.1 Å². The van der Waals surface area contributed by atoms with E-state index in [-0.39, 0.29) is 0 Å². The molecule has 0 heterocycles.